The first-order valence-corrected chi connectivity index (χ1v) is 5.87. The average Bonchev–Trinajstić information content (AvgIpc) is 2.68. The second-order valence-corrected chi connectivity index (χ2v) is 4.49. The number of hydrogen-bond acceptors (Lipinski definition) is 6. The molecule has 0 saturated carbocycles. The average molecular weight is 250 g/mol. The standard InChI is InChI=1S/C11H10N2O3S/c1-3-16-11(15)7-4-12-10-9(8(7)5-14)13-6(2)17-10/h4-5H,3H2,1-2H3. The summed E-state index contributed by atoms with van der Waals surface area (Å²) in [6.45, 7) is 3.79. The van der Waals surface area contributed by atoms with Crippen molar-refractivity contribution >= 4 is 33.9 Å². The minimum absolute atomic E-state index is 0.166. The van der Waals surface area contributed by atoms with Crippen molar-refractivity contribution in [1.82, 2.24) is 9.97 Å². The molecule has 6 heteroatoms. The van der Waals surface area contributed by atoms with Gasteiger partial charge >= 0.3 is 5.97 Å². The number of aromatic nitrogens is 2. The Morgan fingerprint density at radius 3 is 3.00 bits per heavy atom. The highest BCUT2D eigenvalue weighted by Crippen LogP contribution is 2.24. The van der Waals surface area contributed by atoms with Gasteiger partial charge in [0.1, 0.15) is 10.3 Å². The van der Waals surface area contributed by atoms with Crippen LogP contribution in [0, 0.1) is 6.92 Å². The molecule has 2 heterocycles. The van der Waals surface area contributed by atoms with Crippen molar-refractivity contribution in [2.75, 3.05) is 6.61 Å². The summed E-state index contributed by atoms with van der Waals surface area (Å²) in [6, 6.07) is 0. The Hall–Kier alpha value is -1.82. The van der Waals surface area contributed by atoms with Crippen LogP contribution in [-0.4, -0.2) is 28.8 Å². The molecule has 0 saturated heterocycles. The van der Waals surface area contributed by atoms with Gasteiger partial charge in [-0.25, -0.2) is 14.8 Å². The lowest BCUT2D eigenvalue weighted by Crippen LogP contribution is -2.09. The number of thiazole rings is 1. The number of fused-ring (bicyclic) bond motifs is 1. The molecule has 0 aromatic carbocycles. The summed E-state index contributed by atoms with van der Waals surface area (Å²) in [6.07, 6.45) is 1.98. The van der Waals surface area contributed by atoms with Gasteiger partial charge in [0.25, 0.3) is 0 Å². The molecule has 88 valence electrons. The molecule has 0 fully saturated rings. The van der Waals surface area contributed by atoms with Crippen molar-refractivity contribution in [2.24, 2.45) is 0 Å². The fourth-order valence-corrected chi connectivity index (χ4v) is 2.26. The zero-order chi connectivity index (χ0) is 12.4. The Morgan fingerprint density at radius 1 is 1.59 bits per heavy atom. The molecule has 0 bridgehead atoms. The van der Waals surface area contributed by atoms with Crippen molar-refractivity contribution in [3.63, 3.8) is 0 Å². The molecule has 0 aliphatic rings. The number of ether oxygens (including phenoxy) is 1. The molecule has 0 spiro atoms. The monoisotopic (exact) mass is 250 g/mol. The van der Waals surface area contributed by atoms with Gasteiger partial charge in [0.2, 0.25) is 0 Å². The summed E-state index contributed by atoms with van der Waals surface area (Å²) >= 11 is 1.38. The number of carbonyl (C=O) groups excluding carboxylic acids is 2. The van der Waals surface area contributed by atoms with Crippen molar-refractivity contribution in [2.45, 2.75) is 13.8 Å². The number of aryl methyl sites for hydroxylation is 1. The van der Waals surface area contributed by atoms with E-state index in [1.807, 2.05) is 6.92 Å². The second-order valence-electron chi connectivity index (χ2n) is 3.31. The zero-order valence-electron chi connectivity index (χ0n) is 9.39. The number of rotatable bonds is 3. The summed E-state index contributed by atoms with van der Waals surface area (Å²) < 4.78 is 4.86. The van der Waals surface area contributed by atoms with Crippen LogP contribution in [0.3, 0.4) is 0 Å². The van der Waals surface area contributed by atoms with Gasteiger partial charge in [0, 0.05) is 6.20 Å². The lowest BCUT2D eigenvalue weighted by molar-refractivity contribution is 0.0524. The fraction of sp³-hybridized carbons (Fsp3) is 0.273. The van der Waals surface area contributed by atoms with E-state index in [9.17, 15) is 9.59 Å². The minimum Gasteiger partial charge on any atom is -0.462 e. The van der Waals surface area contributed by atoms with Crippen LogP contribution in [0.4, 0.5) is 0 Å². The summed E-state index contributed by atoms with van der Waals surface area (Å²) in [5.74, 6) is -0.547. The van der Waals surface area contributed by atoms with Crippen LogP contribution in [0.1, 0.15) is 32.6 Å². The molecule has 2 rings (SSSR count). The highest BCUT2D eigenvalue weighted by atomic mass is 32.1. The second kappa shape index (κ2) is 4.58. The van der Waals surface area contributed by atoms with Crippen LogP contribution >= 0.6 is 11.3 Å². The van der Waals surface area contributed by atoms with Gasteiger partial charge in [-0.05, 0) is 13.8 Å². The van der Waals surface area contributed by atoms with Gasteiger partial charge in [0.05, 0.1) is 22.7 Å². The van der Waals surface area contributed by atoms with Crippen LogP contribution in [0.25, 0.3) is 10.3 Å². The van der Waals surface area contributed by atoms with E-state index in [0.29, 0.717) is 16.6 Å². The number of nitrogens with zero attached hydrogens (tertiary/aromatic N) is 2. The van der Waals surface area contributed by atoms with Crippen molar-refractivity contribution in [1.29, 1.82) is 0 Å². The van der Waals surface area contributed by atoms with Gasteiger partial charge in [-0.3, -0.25) is 4.79 Å². The Balaban J connectivity index is 2.64. The Morgan fingerprint density at radius 2 is 2.35 bits per heavy atom. The van der Waals surface area contributed by atoms with Gasteiger partial charge in [0.15, 0.2) is 6.29 Å². The molecule has 0 N–H and O–H groups in total. The fourth-order valence-electron chi connectivity index (χ4n) is 1.49. The number of carbonyl (C=O) groups is 2. The molecule has 0 atom stereocenters. The number of esters is 1. The van der Waals surface area contributed by atoms with Crippen LogP contribution in [0.2, 0.25) is 0 Å². The van der Waals surface area contributed by atoms with Crippen molar-refractivity contribution < 1.29 is 14.3 Å². The topological polar surface area (TPSA) is 69.2 Å². The first kappa shape index (κ1) is 11.7. The minimum atomic E-state index is -0.547. The molecule has 0 radical (unpaired) electrons. The van der Waals surface area contributed by atoms with E-state index in [-0.39, 0.29) is 17.7 Å². The van der Waals surface area contributed by atoms with E-state index < -0.39 is 5.97 Å². The maximum absolute atomic E-state index is 11.6. The third-order valence-corrected chi connectivity index (χ3v) is 3.06. The van der Waals surface area contributed by atoms with Crippen LogP contribution in [0.15, 0.2) is 6.20 Å². The van der Waals surface area contributed by atoms with Crippen LogP contribution < -0.4 is 0 Å². The van der Waals surface area contributed by atoms with E-state index in [1.54, 1.807) is 6.92 Å². The summed E-state index contributed by atoms with van der Waals surface area (Å²) in [7, 11) is 0. The molecule has 0 unspecified atom stereocenters. The summed E-state index contributed by atoms with van der Waals surface area (Å²) in [5, 5.41) is 0.802. The predicted octanol–water partition coefficient (Wildman–Crippen LogP) is 1.99. The molecular weight excluding hydrogens is 240 g/mol. The molecule has 0 aliphatic heterocycles. The normalized spacial score (nSPS) is 10.5. The number of aldehydes is 1. The van der Waals surface area contributed by atoms with E-state index >= 15 is 0 Å². The molecule has 2 aromatic heterocycles. The van der Waals surface area contributed by atoms with Crippen molar-refractivity contribution in [3.05, 3.63) is 22.3 Å². The highest BCUT2D eigenvalue weighted by Gasteiger charge is 2.18. The Bertz CT molecular complexity index is 592. The van der Waals surface area contributed by atoms with Gasteiger partial charge in [-0.1, -0.05) is 11.3 Å². The van der Waals surface area contributed by atoms with Crippen LogP contribution in [-0.2, 0) is 4.74 Å². The number of pyridine rings is 1. The lowest BCUT2D eigenvalue weighted by atomic mass is 10.1. The maximum atomic E-state index is 11.6. The van der Waals surface area contributed by atoms with Gasteiger partial charge < -0.3 is 4.74 Å². The first-order valence-electron chi connectivity index (χ1n) is 5.05. The van der Waals surface area contributed by atoms with Gasteiger partial charge in [-0.2, -0.15) is 0 Å². The van der Waals surface area contributed by atoms with E-state index in [2.05, 4.69) is 9.97 Å². The maximum Gasteiger partial charge on any atom is 0.340 e. The lowest BCUT2D eigenvalue weighted by Gasteiger charge is -2.03. The number of hydrogen-bond donors (Lipinski definition) is 0. The molecule has 0 aliphatic carbocycles. The van der Waals surface area contributed by atoms with E-state index in [4.69, 9.17) is 4.74 Å². The molecule has 17 heavy (non-hydrogen) atoms. The van der Waals surface area contributed by atoms with Crippen LogP contribution in [0.5, 0.6) is 0 Å². The quantitative estimate of drug-likeness (QED) is 0.615. The molecular formula is C11H10N2O3S. The predicted molar refractivity (Wildman–Crippen MR) is 63.5 cm³/mol. The third kappa shape index (κ3) is 2.03. The SMILES string of the molecule is CCOC(=O)c1cnc2sc(C)nc2c1C=O. The summed E-state index contributed by atoms with van der Waals surface area (Å²) in [4.78, 5) is 31.7. The Labute approximate surface area is 101 Å². The molecule has 0 amide bonds. The Kier molecular flexibility index (Phi) is 3.14. The van der Waals surface area contributed by atoms with Crippen molar-refractivity contribution in [3.8, 4) is 0 Å². The third-order valence-electron chi connectivity index (χ3n) is 2.19. The molecule has 2 aromatic rings. The van der Waals surface area contributed by atoms with Gasteiger partial charge in [-0.15, -0.1) is 0 Å². The first-order chi connectivity index (χ1) is 8.17. The van der Waals surface area contributed by atoms with E-state index in [1.165, 1.54) is 17.5 Å². The zero-order valence-corrected chi connectivity index (χ0v) is 10.2. The largest absolute Gasteiger partial charge is 0.462 e. The van der Waals surface area contributed by atoms with E-state index in [0.717, 1.165) is 5.01 Å². The summed E-state index contributed by atoms with van der Waals surface area (Å²) in [5.41, 5.74) is 0.880. The highest BCUT2D eigenvalue weighted by molar-refractivity contribution is 7.18. The molecule has 5 nitrogen and oxygen atoms in total. The smallest absolute Gasteiger partial charge is 0.340 e.